The number of likely N-dealkylation sites (N-methyl/N-ethyl adjacent to an activating group) is 1. The molecule has 0 aliphatic heterocycles. The van der Waals surface area contributed by atoms with E-state index in [0.29, 0.717) is 6.42 Å². The van der Waals surface area contributed by atoms with E-state index in [-0.39, 0.29) is 11.9 Å². The average Bonchev–Trinajstić information content (AvgIpc) is 2.89. The number of hydrogen-bond acceptors (Lipinski definition) is 2. The zero-order chi connectivity index (χ0) is 13.7. The van der Waals surface area contributed by atoms with Gasteiger partial charge in [0, 0.05) is 10.9 Å². The molecule has 0 radical (unpaired) electrons. The summed E-state index contributed by atoms with van der Waals surface area (Å²) in [4.78, 5) is 1.34. The predicted molar refractivity (Wildman–Crippen MR) is 80.2 cm³/mol. The SMILES string of the molecule is CCNC(Cc1ccccc1F)c1sccc1CC. The molecule has 0 aliphatic carbocycles. The Morgan fingerprint density at radius 2 is 1.95 bits per heavy atom. The van der Waals surface area contributed by atoms with Gasteiger partial charge >= 0.3 is 0 Å². The van der Waals surface area contributed by atoms with Crippen molar-refractivity contribution in [2.75, 3.05) is 6.54 Å². The van der Waals surface area contributed by atoms with Crippen molar-refractivity contribution < 1.29 is 4.39 Å². The molecule has 1 nitrogen and oxygen atoms in total. The maximum Gasteiger partial charge on any atom is 0.126 e. The fourth-order valence-corrected chi connectivity index (χ4v) is 3.41. The Morgan fingerprint density at radius 3 is 2.63 bits per heavy atom. The van der Waals surface area contributed by atoms with E-state index in [0.717, 1.165) is 18.5 Å². The molecule has 0 aliphatic rings. The Hall–Kier alpha value is -1.19. The van der Waals surface area contributed by atoms with Crippen molar-refractivity contribution in [3.63, 3.8) is 0 Å². The minimum absolute atomic E-state index is 0.111. The van der Waals surface area contributed by atoms with Gasteiger partial charge in [0.2, 0.25) is 0 Å². The van der Waals surface area contributed by atoms with Crippen LogP contribution in [0.15, 0.2) is 35.7 Å². The van der Waals surface area contributed by atoms with Gasteiger partial charge in [-0.2, -0.15) is 0 Å². The normalized spacial score (nSPS) is 12.6. The largest absolute Gasteiger partial charge is 0.309 e. The van der Waals surface area contributed by atoms with Crippen LogP contribution in [0.4, 0.5) is 4.39 Å². The fourth-order valence-electron chi connectivity index (χ4n) is 2.33. The summed E-state index contributed by atoms with van der Waals surface area (Å²) in [6.07, 6.45) is 1.73. The predicted octanol–water partition coefficient (Wildman–Crippen LogP) is 4.34. The van der Waals surface area contributed by atoms with Crippen LogP contribution in [-0.2, 0) is 12.8 Å². The first kappa shape index (κ1) is 14.2. The van der Waals surface area contributed by atoms with Gasteiger partial charge in [-0.1, -0.05) is 32.0 Å². The second kappa shape index (κ2) is 6.83. The van der Waals surface area contributed by atoms with Crippen LogP contribution >= 0.6 is 11.3 Å². The third-order valence-corrected chi connectivity index (χ3v) is 4.38. The Labute approximate surface area is 118 Å². The van der Waals surface area contributed by atoms with Crippen LogP contribution in [0, 0.1) is 5.82 Å². The average molecular weight is 277 g/mol. The Kier molecular flexibility index (Phi) is 5.11. The zero-order valence-electron chi connectivity index (χ0n) is 11.4. The number of rotatable bonds is 6. The maximum atomic E-state index is 13.8. The van der Waals surface area contributed by atoms with Crippen molar-refractivity contribution in [3.8, 4) is 0 Å². The summed E-state index contributed by atoms with van der Waals surface area (Å²) in [5.74, 6) is -0.111. The zero-order valence-corrected chi connectivity index (χ0v) is 12.3. The molecule has 0 fully saturated rings. The highest BCUT2D eigenvalue weighted by atomic mass is 32.1. The third kappa shape index (κ3) is 3.43. The molecular weight excluding hydrogens is 257 g/mol. The smallest absolute Gasteiger partial charge is 0.126 e. The standard InChI is InChI=1S/C16H20FNS/c1-3-12-9-10-19-16(12)15(18-4-2)11-13-7-5-6-8-14(13)17/h5-10,15,18H,3-4,11H2,1-2H3. The molecule has 1 aromatic carbocycles. The number of aryl methyl sites for hydroxylation is 1. The number of benzene rings is 1. The van der Waals surface area contributed by atoms with Crippen molar-refractivity contribution in [3.05, 3.63) is 57.5 Å². The molecule has 2 rings (SSSR count). The highest BCUT2D eigenvalue weighted by Crippen LogP contribution is 2.28. The monoisotopic (exact) mass is 277 g/mol. The lowest BCUT2D eigenvalue weighted by molar-refractivity contribution is 0.532. The third-order valence-electron chi connectivity index (χ3n) is 3.31. The number of thiophene rings is 1. The molecule has 3 heteroatoms. The highest BCUT2D eigenvalue weighted by Gasteiger charge is 2.17. The lowest BCUT2D eigenvalue weighted by Gasteiger charge is -2.18. The van der Waals surface area contributed by atoms with Crippen molar-refractivity contribution in [1.82, 2.24) is 5.32 Å². The molecule has 2 aromatic rings. The molecule has 0 spiro atoms. The molecule has 0 amide bonds. The molecule has 1 unspecified atom stereocenters. The van der Waals surface area contributed by atoms with Crippen molar-refractivity contribution in [2.24, 2.45) is 0 Å². The summed E-state index contributed by atoms with van der Waals surface area (Å²) in [6.45, 7) is 5.14. The number of nitrogens with one attached hydrogen (secondary N) is 1. The van der Waals surface area contributed by atoms with Crippen molar-refractivity contribution >= 4 is 11.3 Å². The second-order valence-electron chi connectivity index (χ2n) is 4.57. The van der Waals surface area contributed by atoms with E-state index in [9.17, 15) is 4.39 Å². The van der Waals surface area contributed by atoms with E-state index in [4.69, 9.17) is 0 Å². The lowest BCUT2D eigenvalue weighted by atomic mass is 10.0. The Balaban J connectivity index is 2.24. The molecule has 102 valence electrons. The van der Waals surface area contributed by atoms with Gasteiger partial charge in [-0.25, -0.2) is 4.39 Å². The minimum atomic E-state index is -0.111. The van der Waals surface area contributed by atoms with Crippen molar-refractivity contribution in [2.45, 2.75) is 32.7 Å². The molecule has 1 aromatic heterocycles. The van der Waals surface area contributed by atoms with Gasteiger partial charge in [0.25, 0.3) is 0 Å². The van der Waals surface area contributed by atoms with Gasteiger partial charge in [0.05, 0.1) is 0 Å². The van der Waals surface area contributed by atoms with Gasteiger partial charge in [-0.05, 0) is 48.0 Å². The minimum Gasteiger partial charge on any atom is -0.309 e. The Morgan fingerprint density at radius 1 is 1.16 bits per heavy atom. The van der Waals surface area contributed by atoms with Crippen LogP contribution in [0.25, 0.3) is 0 Å². The van der Waals surface area contributed by atoms with Crippen molar-refractivity contribution in [1.29, 1.82) is 0 Å². The van der Waals surface area contributed by atoms with E-state index in [1.807, 2.05) is 12.1 Å². The lowest BCUT2D eigenvalue weighted by Crippen LogP contribution is -2.23. The van der Waals surface area contributed by atoms with Gasteiger partial charge in [0.1, 0.15) is 5.82 Å². The number of halogens is 1. The first-order chi connectivity index (χ1) is 9.26. The topological polar surface area (TPSA) is 12.0 Å². The van der Waals surface area contributed by atoms with E-state index < -0.39 is 0 Å². The van der Waals surface area contributed by atoms with Crippen LogP contribution in [0.3, 0.4) is 0 Å². The van der Waals surface area contributed by atoms with E-state index in [1.54, 1.807) is 17.4 Å². The summed E-state index contributed by atoms with van der Waals surface area (Å²) >= 11 is 1.76. The van der Waals surface area contributed by atoms with Crippen LogP contribution < -0.4 is 5.32 Å². The number of hydrogen-bond donors (Lipinski definition) is 1. The summed E-state index contributed by atoms with van der Waals surface area (Å²) in [6, 6.07) is 9.43. The maximum absolute atomic E-state index is 13.8. The molecule has 0 saturated carbocycles. The molecule has 1 N–H and O–H groups in total. The summed E-state index contributed by atoms with van der Waals surface area (Å²) < 4.78 is 13.8. The quantitative estimate of drug-likeness (QED) is 0.828. The summed E-state index contributed by atoms with van der Waals surface area (Å²) in [5, 5.41) is 5.60. The van der Waals surface area contributed by atoms with E-state index in [2.05, 4.69) is 30.6 Å². The van der Waals surface area contributed by atoms with Crippen LogP contribution in [0.5, 0.6) is 0 Å². The fraction of sp³-hybridized carbons (Fsp3) is 0.375. The molecule has 19 heavy (non-hydrogen) atoms. The van der Waals surface area contributed by atoms with Crippen LogP contribution in [-0.4, -0.2) is 6.54 Å². The first-order valence-electron chi connectivity index (χ1n) is 6.79. The van der Waals surface area contributed by atoms with E-state index >= 15 is 0 Å². The summed E-state index contributed by atoms with van der Waals surface area (Å²) in [5.41, 5.74) is 2.15. The van der Waals surface area contributed by atoms with Crippen LogP contribution in [0.2, 0.25) is 0 Å². The molecule has 1 atom stereocenters. The molecular formula is C16H20FNS. The van der Waals surface area contributed by atoms with Gasteiger partial charge in [-0.3, -0.25) is 0 Å². The summed E-state index contributed by atoms with van der Waals surface area (Å²) in [7, 11) is 0. The van der Waals surface area contributed by atoms with Gasteiger partial charge < -0.3 is 5.32 Å². The molecule has 1 heterocycles. The second-order valence-corrected chi connectivity index (χ2v) is 5.52. The first-order valence-corrected chi connectivity index (χ1v) is 7.67. The van der Waals surface area contributed by atoms with Gasteiger partial charge in [0.15, 0.2) is 0 Å². The van der Waals surface area contributed by atoms with Crippen LogP contribution in [0.1, 0.15) is 35.9 Å². The van der Waals surface area contributed by atoms with Gasteiger partial charge in [-0.15, -0.1) is 11.3 Å². The molecule has 0 bridgehead atoms. The van der Waals surface area contributed by atoms with E-state index in [1.165, 1.54) is 16.5 Å². The Bertz CT molecular complexity index is 521. The molecule has 0 saturated heterocycles. The highest BCUT2D eigenvalue weighted by molar-refractivity contribution is 7.10.